The fraction of sp³-hybridized carbons (Fsp3) is 0.430. The number of aliphatic imine (C=N–C) groups is 1. The third kappa shape index (κ3) is 10.5. The fourth-order valence-corrected chi connectivity index (χ4v) is 14.2. The molecule has 0 fully saturated rings. The predicted octanol–water partition coefficient (Wildman–Crippen LogP) is 23.3. The van der Waals surface area contributed by atoms with E-state index in [1.54, 1.807) is 5.56 Å². The average molecular weight is 1060 g/mol. The van der Waals surface area contributed by atoms with Gasteiger partial charge in [0.1, 0.15) is 0 Å². The van der Waals surface area contributed by atoms with Crippen molar-refractivity contribution in [2.24, 2.45) is 4.99 Å². The zero-order valence-corrected chi connectivity index (χ0v) is 51.8. The quantitative estimate of drug-likeness (QED) is 0.0461. The molecule has 0 heterocycles. The number of hydrogen-bond acceptors (Lipinski definition) is 1. The lowest BCUT2D eigenvalue weighted by molar-refractivity contribution is 0.398. The van der Waals surface area contributed by atoms with Crippen molar-refractivity contribution in [1.29, 1.82) is 0 Å². The number of nitrogens with zero attached hydrogens (tertiary/aromatic N) is 1. The Balaban J connectivity index is 1.23. The first kappa shape index (κ1) is 57.2. The molecule has 8 aromatic carbocycles. The van der Waals surface area contributed by atoms with Gasteiger partial charge in [0.05, 0.1) is 11.1 Å². The average Bonchev–Trinajstić information content (AvgIpc) is 4.11. The van der Waals surface area contributed by atoms with Crippen molar-refractivity contribution < 1.29 is 0 Å². The largest absolute Gasteiger partial charge is 0.263 e. The molecule has 2 aliphatic carbocycles. The summed E-state index contributed by atoms with van der Waals surface area (Å²) in [5, 5.41) is 4.75. The summed E-state index contributed by atoms with van der Waals surface area (Å²) in [6.45, 7) is 36.9. The Bertz CT molecular complexity index is 3480. The maximum absolute atomic E-state index is 4.78. The molecule has 0 radical (unpaired) electrons. The number of rotatable bonds is 18. The highest BCUT2D eigenvalue weighted by Crippen LogP contribution is 2.63. The van der Waals surface area contributed by atoms with E-state index in [2.05, 4.69) is 243 Å². The molecule has 0 unspecified atom stereocenters. The molecule has 0 atom stereocenters. The van der Waals surface area contributed by atoms with Crippen molar-refractivity contribution in [2.75, 3.05) is 0 Å². The van der Waals surface area contributed by atoms with Crippen LogP contribution in [0.5, 0.6) is 0 Å². The second-order valence-electron chi connectivity index (χ2n) is 28.7. The molecular weight excluding hydrogens is 963 g/mol. The normalized spacial score (nSPS) is 14.6. The summed E-state index contributed by atoms with van der Waals surface area (Å²) in [6, 6.07) is 56.7. The summed E-state index contributed by atoms with van der Waals surface area (Å²) in [5.74, 6) is 0. The molecular formula is C79H95N. The molecule has 10 rings (SSSR count). The maximum Gasteiger partial charge on any atom is 0.0779 e. The second-order valence-corrected chi connectivity index (χ2v) is 28.7. The van der Waals surface area contributed by atoms with Gasteiger partial charge in [-0.05, 0) is 171 Å². The number of benzene rings is 8. The minimum atomic E-state index is -0.543. The van der Waals surface area contributed by atoms with Gasteiger partial charge in [-0.15, -0.1) is 0 Å². The molecule has 0 saturated heterocycles. The van der Waals surface area contributed by atoms with E-state index in [0.29, 0.717) is 0 Å². The Kier molecular flexibility index (Phi) is 15.7. The summed E-state index contributed by atoms with van der Waals surface area (Å²) in [5.41, 5.74) is 22.6. The Hall–Kier alpha value is -6.05. The summed E-state index contributed by atoms with van der Waals surface area (Å²) in [7, 11) is 0. The summed E-state index contributed by atoms with van der Waals surface area (Å²) >= 11 is 0. The van der Waals surface area contributed by atoms with Crippen LogP contribution in [0.3, 0.4) is 0 Å². The van der Waals surface area contributed by atoms with Crippen LogP contribution in [0, 0.1) is 0 Å². The Morgan fingerprint density at radius 3 is 1.32 bits per heavy atom. The lowest BCUT2D eigenvalue weighted by Crippen LogP contribution is -2.30. The molecule has 1 nitrogen and oxygen atoms in total. The van der Waals surface area contributed by atoms with Crippen LogP contribution in [0.4, 0.5) is 5.69 Å². The van der Waals surface area contributed by atoms with E-state index in [1.807, 2.05) is 0 Å². The minimum absolute atomic E-state index is 0.0255. The molecule has 2 aliphatic rings. The van der Waals surface area contributed by atoms with E-state index in [1.165, 1.54) is 171 Å². The first-order valence-corrected chi connectivity index (χ1v) is 31.2. The topological polar surface area (TPSA) is 12.4 Å². The smallest absolute Gasteiger partial charge is 0.0779 e. The second kappa shape index (κ2) is 22.0. The molecule has 0 bridgehead atoms. The van der Waals surface area contributed by atoms with Gasteiger partial charge in [-0.25, -0.2) is 0 Å². The van der Waals surface area contributed by atoms with Crippen molar-refractivity contribution in [3.63, 3.8) is 0 Å². The van der Waals surface area contributed by atoms with Crippen LogP contribution in [0.2, 0.25) is 0 Å². The monoisotopic (exact) mass is 1060 g/mol. The first-order valence-electron chi connectivity index (χ1n) is 31.2. The summed E-state index contributed by atoms with van der Waals surface area (Å²) in [4.78, 5) is 4.78. The van der Waals surface area contributed by atoms with Crippen LogP contribution in [-0.4, -0.2) is 6.72 Å². The molecule has 0 amide bonds. The lowest BCUT2D eigenvalue weighted by atomic mass is 9.65. The lowest BCUT2D eigenvalue weighted by Gasteiger charge is -2.36. The van der Waals surface area contributed by atoms with Gasteiger partial charge in [0.25, 0.3) is 0 Å². The predicted molar refractivity (Wildman–Crippen MR) is 350 cm³/mol. The molecule has 0 saturated carbocycles. The van der Waals surface area contributed by atoms with Crippen molar-refractivity contribution in [3.8, 4) is 33.4 Å². The van der Waals surface area contributed by atoms with Crippen molar-refractivity contribution in [2.45, 2.75) is 219 Å². The third-order valence-corrected chi connectivity index (χ3v) is 19.0. The molecule has 0 spiro atoms. The molecule has 0 aromatic heterocycles. The molecule has 80 heavy (non-hydrogen) atoms. The van der Waals surface area contributed by atoms with E-state index >= 15 is 0 Å². The van der Waals surface area contributed by atoms with Crippen molar-refractivity contribution in [1.82, 2.24) is 0 Å². The number of unbranched alkanes of at least 4 members (excludes halogenated alkanes) is 10. The van der Waals surface area contributed by atoms with Gasteiger partial charge in [-0.2, -0.15) is 0 Å². The highest BCUT2D eigenvalue weighted by atomic mass is 14.7. The SMILES string of the molecule is C=Nc1c2ccc(C(C)(C)C)cc2cc2ccc(-c3ccc4c(c3)C(CCCCCCCC)(CCCCCCCC)c3cc5c(cc3-4)C(c3ccc(C(C)(C)C)cc3)(c3ccc(C(C)(C)C)cc3)c3cc(C(C)(C)C)ccc3-5)cc12. The van der Waals surface area contributed by atoms with Crippen LogP contribution in [0.15, 0.2) is 145 Å². The zero-order chi connectivity index (χ0) is 57.0. The van der Waals surface area contributed by atoms with E-state index in [4.69, 9.17) is 4.99 Å². The van der Waals surface area contributed by atoms with Gasteiger partial charge >= 0.3 is 0 Å². The van der Waals surface area contributed by atoms with E-state index in [0.717, 1.165) is 29.3 Å². The van der Waals surface area contributed by atoms with Crippen LogP contribution < -0.4 is 0 Å². The van der Waals surface area contributed by atoms with Gasteiger partial charge in [0, 0.05) is 16.2 Å². The summed E-state index contributed by atoms with van der Waals surface area (Å²) < 4.78 is 0. The Morgan fingerprint density at radius 2 is 0.775 bits per heavy atom. The van der Waals surface area contributed by atoms with Crippen LogP contribution >= 0.6 is 0 Å². The van der Waals surface area contributed by atoms with Gasteiger partial charge in [0.15, 0.2) is 0 Å². The van der Waals surface area contributed by atoms with Crippen molar-refractivity contribution in [3.05, 3.63) is 195 Å². The third-order valence-electron chi connectivity index (χ3n) is 19.0. The molecule has 8 aromatic rings. The number of hydrogen-bond donors (Lipinski definition) is 0. The van der Waals surface area contributed by atoms with Gasteiger partial charge in [0.2, 0.25) is 0 Å². The van der Waals surface area contributed by atoms with Crippen LogP contribution in [0.25, 0.3) is 54.9 Å². The molecule has 416 valence electrons. The van der Waals surface area contributed by atoms with Crippen molar-refractivity contribution >= 4 is 33.9 Å². The van der Waals surface area contributed by atoms with Gasteiger partial charge in [-0.1, -0.05) is 283 Å². The zero-order valence-electron chi connectivity index (χ0n) is 51.8. The van der Waals surface area contributed by atoms with E-state index < -0.39 is 5.41 Å². The molecule has 1 heteroatoms. The summed E-state index contributed by atoms with van der Waals surface area (Å²) in [6.07, 6.45) is 17.8. The molecule has 0 N–H and O–H groups in total. The van der Waals surface area contributed by atoms with E-state index in [9.17, 15) is 0 Å². The van der Waals surface area contributed by atoms with Gasteiger partial charge in [-0.3, -0.25) is 4.99 Å². The van der Waals surface area contributed by atoms with Gasteiger partial charge < -0.3 is 0 Å². The first-order chi connectivity index (χ1) is 38.0. The Labute approximate surface area is 484 Å². The standard InChI is InChI=1S/C79H95N/c1-16-18-20-22-24-26-44-78(45-27-25-23-21-19-17-2)69-49-54(53-28-29-55-46-56-47-61(76(9,10)11)39-42-63(56)73(80-15)66(55)48-53)30-41-64(69)67-52-72-68(51-70(67)78)65-43-40-62(77(12,13)14)50-71(65)79(72,59-35-31-57(32-36-59)74(3,4)5)60-37-33-58(34-38-60)75(6,7)8/h28-43,46-52H,15-27,44-45H2,1-14H3. The number of fused-ring (bicyclic) bond motifs is 8. The fourth-order valence-electron chi connectivity index (χ4n) is 14.2. The maximum atomic E-state index is 4.78. The van der Waals surface area contributed by atoms with Crippen LogP contribution in [-0.2, 0) is 32.5 Å². The van der Waals surface area contributed by atoms with Crippen LogP contribution in [0.1, 0.15) is 242 Å². The highest BCUT2D eigenvalue weighted by molar-refractivity contribution is 6.11. The minimum Gasteiger partial charge on any atom is -0.263 e. The Morgan fingerprint density at radius 1 is 0.350 bits per heavy atom. The molecule has 0 aliphatic heterocycles. The highest BCUT2D eigenvalue weighted by Gasteiger charge is 2.50. The van der Waals surface area contributed by atoms with E-state index in [-0.39, 0.29) is 27.1 Å².